The lowest BCUT2D eigenvalue weighted by Gasteiger charge is -2.11. The van der Waals surface area contributed by atoms with E-state index in [0.29, 0.717) is 11.5 Å². The summed E-state index contributed by atoms with van der Waals surface area (Å²) in [5.74, 6) is 0.712. The van der Waals surface area contributed by atoms with Crippen LogP contribution < -0.4 is 9.47 Å². The second-order valence-electron chi connectivity index (χ2n) is 4.87. The molecule has 0 saturated carbocycles. The standard InChI is InChI=1S/C16H14F3NO5S/c1-23-12-5-3-11(4-6-12)15(16(17,18)19)20-25-26(21,22)14-9-7-13(24-2)8-10-14/h3-10H,1-2H3. The van der Waals surface area contributed by atoms with Gasteiger partial charge >= 0.3 is 16.3 Å². The van der Waals surface area contributed by atoms with Crippen molar-refractivity contribution in [1.82, 2.24) is 0 Å². The van der Waals surface area contributed by atoms with Gasteiger partial charge in [0.25, 0.3) is 0 Å². The smallest absolute Gasteiger partial charge is 0.437 e. The number of hydrogen-bond donors (Lipinski definition) is 0. The van der Waals surface area contributed by atoms with Crippen LogP contribution in [0.1, 0.15) is 5.56 Å². The molecule has 0 saturated heterocycles. The Morgan fingerprint density at radius 2 is 1.35 bits per heavy atom. The molecule has 0 bridgehead atoms. The first-order chi connectivity index (χ1) is 12.2. The largest absolute Gasteiger partial charge is 0.497 e. The maximum atomic E-state index is 13.2. The van der Waals surface area contributed by atoms with E-state index < -0.39 is 22.0 Å². The SMILES string of the molecule is COc1ccc(C(=NOS(=O)(=O)c2ccc(OC)cc2)C(F)(F)F)cc1. The highest BCUT2D eigenvalue weighted by Crippen LogP contribution is 2.25. The van der Waals surface area contributed by atoms with E-state index >= 15 is 0 Å². The van der Waals surface area contributed by atoms with Crippen molar-refractivity contribution in [2.24, 2.45) is 5.16 Å². The molecule has 2 aromatic carbocycles. The summed E-state index contributed by atoms with van der Waals surface area (Å²) in [6, 6.07) is 9.67. The van der Waals surface area contributed by atoms with Gasteiger partial charge in [0.15, 0.2) is 5.71 Å². The summed E-state index contributed by atoms with van der Waals surface area (Å²) in [7, 11) is -1.79. The monoisotopic (exact) mass is 389 g/mol. The van der Waals surface area contributed by atoms with Gasteiger partial charge in [0.05, 0.1) is 14.2 Å². The van der Waals surface area contributed by atoms with Gasteiger partial charge in [-0.2, -0.15) is 21.6 Å². The minimum absolute atomic E-state index is 0.335. The van der Waals surface area contributed by atoms with E-state index in [-0.39, 0.29) is 10.5 Å². The van der Waals surface area contributed by atoms with Gasteiger partial charge in [-0.15, -0.1) is 0 Å². The molecule has 6 nitrogen and oxygen atoms in total. The van der Waals surface area contributed by atoms with E-state index in [1.165, 1.54) is 38.5 Å². The van der Waals surface area contributed by atoms with Crippen LogP contribution in [0, 0.1) is 0 Å². The van der Waals surface area contributed by atoms with E-state index in [1.807, 2.05) is 0 Å². The maximum absolute atomic E-state index is 13.2. The summed E-state index contributed by atoms with van der Waals surface area (Å²) in [5.41, 5.74) is -1.86. The molecular weight excluding hydrogens is 375 g/mol. The van der Waals surface area contributed by atoms with Crippen molar-refractivity contribution < 1.29 is 35.3 Å². The normalized spacial score (nSPS) is 12.6. The van der Waals surface area contributed by atoms with Crippen molar-refractivity contribution in [2.45, 2.75) is 11.1 Å². The molecule has 0 aromatic heterocycles. The Balaban J connectivity index is 2.34. The Labute approximate surface area is 147 Å². The molecule has 2 aromatic rings. The number of oxime groups is 1. The van der Waals surface area contributed by atoms with E-state index in [4.69, 9.17) is 9.47 Å². The fraction of sp³-hybridized carbons (Fsp3) is 0.188. The molecule has 0 spiro atoms. The molecule has 0 amide bonds. The van der Waals surface area contributed by atoms with Crippen LogP contribution >= 0.6 is 0 Å². The van der Waals surface area contributed by atoms with E-state index in [2.05, 4.69) is 9.44 Å². The Bertz CT molecular complexity index is 876. The first kappa shape index (κ1) is 19.6. The highest BCUT2D eigenvalue weighted by Gasteiger charge is 2.38. The lowest BCUT2D eigenvalue weighted by molar-refractivity contribution is -0.0597. The number of hydrogen-bond acceptors (Lipinski definition) is 6. The van der Waals surface area contributed by atoms with Gasteiger partial charge in [0, 0.05) is 5.56 Å². The zero-order valence-electron chi connectivity index (χ0n) is 13.6. The Morgan fingerprint density at radius 1 is 0.885 bits per heavy atom. The van der Waals surface area contributed by atoms with Gasteiger partial charge in [0.2, 0.25) is 0 Å². The summed E-state index contributed by atoms with van der Waals surface area (Å²) in [5, 5.41) is 2.84. The zero-order valence-corrected chi connectivity index (χ0v) is 14.5. The second kappa shape index (κ2) is 7.65. The molecule has 10 heteroatoms. The van der Waals surface area contributed by atoms with Gasteiger partial charge in [-0.3, -0.25) is 4.28 Å². The van der Waals surface area contributed by atoms with Crippen LogP contribution in [0.3, 0.4) is 0 Å². The Morgan fingerprint density at radius 3 is 1.77 bits per heavy atom. The molecule has 140 valence electrons. The van der Waals surface area contributed by atoms with Crippen molar-refractivity contribution in [1.29, 1.82) is 0 Å². The van der Waals surface area contributed by atoms with Crippen molar-refractivity contribution in [3.05, 3.63) is 54.1 Å². The first-order valence-corrected chi connectivity index (χ1v) is 8.45. The number of ether oxygens (including phenoxy) is 2. The van der Waals surface area contributed by atoms with Crippen molar-refractivity contribution >= 4 is 15.8 Å². The minimum atomic E-state index is -4.93. The minimum Gasteiger partial charge on any atom is -0.497 e. The number of benzene rings is 2. The molecule has 0 aliphatic rings. The van der Waals surface area contributed by atoms with E-state index in [0.717, 1.165) is 24.3 Å². The number of alkyl halides is 3. The van der Waals surface area contributed by atoms with Crippen molar-refractivity contribution in [3.8, 4) is 11.5 Å². The quantitative estimate of drug-likeness (QED) is 0.559. The summed E-state index contributed by atoms with van der Waals surface area (Å²) in [4.78, 5) is -0.363. The number of rotatable bonds is 6. The lowest BCUT2D eigenvalue weighted by Crippen LogP contribution is -2.25. The second-order valence-corrected chi connectivity index (χ2v) is 6.40. The molecule has 0 radical (unpaired) electrons. The molecule has 0 N–H and O–H groups in total. The van der Waals surface area contributed by atoms with Gasteiger partial charge in [-0.05, 0) is 48.5 Å². The predicted octanol–water partition coefficient (Wildman–Crippen LogP) is 3.38. The summed E-state index contributed by atoms with van der Waals surface area (Å²) in [6.45, 7) is 0. The highest BCUT2D eigenvalue weighted by atomic mass is 32.2. The van der Waals surface area contributed by atoms with Crippen LogP contribution in [0.2, 0.25) is 0 Å². The molecule has 2 rings (SSSR count). The van der Waals surface area contributed by atoms with Gasteiger partial charge < -0.3 is 9.47 Å². The number of nitrogens with zero attached hydrogens (tertiary/aromatic N) is 1. The van der Waals surface area contributed by atoms with Crippen LogP contribution in [0.4, 0.5) is 13.2 Å². The number of halogens is 3. The fourth-order valence-electron chi connectivity index (χ4n) is 1.89. The molecular formula is C16H14F3NO5S. The average Bonchev–Trinajstić information content (AvgIpc) is 2.61. The van der Waals surface area contributed by atoms with Gasteiger partial charge in [0.1, 0.15) is 16.4 Å². The molecule has 0 atom stereocenters. The first-order valence-electron chi connectivity index (χ1n) is 7.04. The maximum Gasteiger partial charge on any atom is 0.437 e. The third-order valence-electron chi connectivity index (χ3n) is 3.21. The topological polar surface area (TPSA) is 74.2 Å². The molecule has 0 heterocycles. The highest BCUT2D eigenvalue weighted by molar-refractivity contribution is 7.86. The third-order valence-corrected chi connectivity index (χ3v) is 4.33. The summed E-state index contributed by atoms with van der Waals surface area (Å²) < 4.78 is 77.7. The van der Waals surface area contributed by atoms with Gasteiger partial charge in [-0.25, -0.2) is 0 Å². The van der Waals surface area contributed by atoms with Crippen LogP contribution in [-0.2, 0) is 14.4 Å². The van der Waals surface area contributed by atoms with Crippen molar-refractivity contribution in [2.75, 3.05) is 14.2 Å². The van der Waals surface area contributed by atoms with Crippen LogP contribution in [0.15, 0.2) is 58.6 Å². The average molecular weight is 389 g/mol. The van der Waals surface area contributed by atoms with Crippen LogP contribution in [-0.4, -0.2) is 34.5 Å². The van der Waals surface area contributed by atoms with Crippen LogP contribution in [0.25, 0.3) is 0 Å². The molecule has 0 fully saturated rings. The summed E-state index contributed by atoms with van der Waals surface area (Å²) in [6.07, 6.45) is -4.93. The molecule has 0 aliphatic carbocycles. The van der Waals surface area contributed by atoms with Crippen LogP contribution in [0.5, 0.6) is 11.5 Å². The van der Waals surface area contributed by atoms with E-state index in [1.54, 1.807) is 0 Å². The fourth-order valence-corrected chi connectivity index (χ4v) is 2.62. The van der Waals surface area contributed by atoms with E-state index in [9.17, 15) is 21.6 Å². The van der Waals surface area contributed by atoms with Gasteiger partial charge in [-0.1, -0.05) is 5.16 Å². The molecule has 26 heavy (non-hydrogen) atoms. The molecule has 0 unspecified atom stereocenters. The Kier molecular flexibility index (Phi) is 5.76. The molecule has 0 aliphatic heterocycles. The lowest BCUT2D eigenvalue weighted by atomic mass is 10.1. The summed E-state index contributed by atoms with van der Waals surface area (Å²) >= 11 is 0. The van der Waals surface area contributed by atoms with Crippen molar-refractivity contribution in [3.63, 3.8) is 0 Å². The number of methoxy groups -OCH3 is 2. The predicted molar refractivity (Wildman–Crippen MR) is 86.9 cm³/mol. The Hall–Kier alpha value is -2.75. The zero-order chi connectivity index (χ0) is 19.4. The third kappa shape index (κ3) is 4.66.